The van der Waals surface area contributed by atoms with Gasteiger partial charge in [0.05, 0.1) is 0 Å². The zero-order valence-corrected chi connectivity index (χ0v) is 10.7. The first-order valence-electron chi connectivity index (χ1n) is 5.21. The van der Waals surface area contributed by atoms with Crippen LogP contribution in [0.25, 0.3) is 0 Å². The molecule has 2 rings (SSSR count). The average Bonchev–Trinajstić information content (AvgIpc) is 2.74. The monoisotopic (exact) mass is 267 g/mol. The molecule has 1 N–H and O–H groups in total. The van der Waals surface area contributed by atoms with Crippen LogP contribution < -0.4 is 5.32 Å². The fourth-order valence-electron chi connectivity index (χ4n) is 1.34. The van der Waals surface area contributed by atoms with Gasteiger partial charge in [-0.05, 0) is 5.56 Å². The molecule has 2 aromatic rings. The minimum absolute atomic E-state index is 0. The van der Waals surface area contributed by atoms with Crippen molar-refractivity contribution in [3.05, 3.63) is 48.3 Å². The van der Waals surface area contributed by atoms with E-state index in [0.717, 1.165) is 5.56 Å². The Morgan fingerprint density at radius 3 is 2.72 bits per heavy atom. The number of carbonyl (C=O) groups excluding carboxylic acids is 1. The van der Waals surface area contributed by atoms with Gasteiger partial charge in [0.15, 0.2) is 0 Å². The molecule has 1 aromatic carbocycles. The summed E-state index contributed by atoms with van der Waals surface area (Å²) in [6.07, 6.45) is 2.84. The van der Waals surface area contributed by atoms with E-state index in [0.29, 0.717) is 5.95 Å². The summed E-state index contributed by atoms with van der Waals surface area (Å²) < 4.78 is 6.75. The lowest BCUT2D eigenvalue weighted by Gasteiger charge is -2.06. The molecule has 96 valence electrons. The quantitative estimate of drug-likeness (QED) is 0.930. The van der Waals surface area contributed by atoms with Crippen LogP contribution in [0.3, 0.4) is 0 Å². The summed E-state index contributed by atoms with van der Waals surface area (Å²) in [5, 5.41) is 2.55. The number of amides is 1. The summed E-state index contributed by atoms with van der Waals surface area (Å²) in [5.41, 5.74) is 0.947. The fraction of sp³-hybridized carbons (Fsp3) is 0.167. The van der Waals surface area contributed by atoms with E-state index in [1.54, 1.807) is 24.0 Å². The third-order valence-corrected chi connectivity index (χ3v) is 2.25. The zero-order chi connectivity index (χ0) is 12.1. The van der Waals surface area contributed by atoms with Crippen LogP contribution in [0.1, 0.15) is 5.56 Å². The number of hydrogen-bond acceptors (Lipinski definition) is 3. The maximum absolute atomic E-state index is 11.4. The molecule has 18 heavy (non-hydrogen) atoms. The lowest BCUT2D eigenvalue weighted by Crippen LogP contribution is -2.16. The highest BCUT2D eigenvalue weighted by molar-refractivity contribution is 5.85. The minimum atomic E-state index is -0.511. The Morgan fingerprint density at radius 2 is 2.11 bits per heavy atom. The number of aryl methyl sites for hydroxylation is 1. The highest BCUT2D eigenvalue weighted by Gasteiger charge is 2.06. The first kappa shape index (κ1) is 14.1. The number of carbonyl (C=O) groups is 1. The number of ether oxygens (including phenoxy) is 1. The van der Waals surface area contributed by atoms with Gasteiger partial charge in [-0.15, -0.1) is 12.4 Å². The Hall–Kier alpha value is -2.01. The van der Waals surface area contributed by atoms with Gasteiger partial charge in [0.25, 0.3) is 0 Å². The van der Waals surface area contributed by atoms with E-state index >= 15 is 0 Å². The van der Waals surface area contributed by atoms with Gasteiger partial charge >= 0.3 is 6.09 Å². The van der Waals surface area contributed by atoms with Crippen molar-refractivity contribution in [2.75, 3.05) is 5.32 Å². The molecule has 1 heterocycles. The van der Waals surface area contributed by atoms with E-state index in [1.807, 2.05) is 30.3 Å². The second kappa shape index (κ2) is 6.66. The van der Waals surface area contributed by atoms with E-state index in [1.165, 1.54) is 0 Å². The normalized spacial score (nSPS) is 9.39. The third kappa shape index (κ3) is 3.78. The van der Waals surface area contributed by atoms with Crippen molar-refractivity contribution in [3.8, 4) is 0 Å². The summed E-state index contributed by atoms with van der Waals surface area (Å²) in [4.78, 5) is 15.4. The second-order valence-corrected chi connectivity index (χ2v) is 3.55. The molecular formula is C12H14ClN3O2. The predicted octanol–water partition coefficient (Wildman–Crippen LogP) is 2.59. The summed E-state index contributed by atoms with van der Waals surface area (Å²) in [6, 6.07) is 9.50. The summed E-state index contributed by atoms with van der Waals surface area (Å²) in [5.74, 6) is 0.461. The lowest BCUT2D eigenvalue weighted by atomic mass is 10.2. The maximum Gasteiger partial charge on any atom is 0.414 e. The van der Waals surface area contributed by atoms with Gasteiger partial charge in [-0.25, -0.2) is 9.78 Å². The van der Waals surface area contributed by atoms with Gasteiger partial charge in [-0.3, -0.25) is 5.32 Å². The number of halogens is 1. The molecule has 6 heteroatoms. The first-order chi connectivity index (χ1) is 8.25. The van der Waals surface area contributed by atoms with Gasteiger partial charge in [-0.1, -0.05) is 30.3 Å². The number of rotatable bonds is 3. The molecule has 1 aromatic heterocycles. The van der Waals surface area contributed by atoms with Crippen molar-refractivity contribution in [3.63, 3.8) is 0 Å². The molecule has 1 amide bonds. The number of nitrogens with one attached hydrogen (secondary N) is 1. The number of aromatic nitrogens is 2. The zero-order valence-electron chi connectivity index (χ0n) is 9.87. The Bertz CT molecular complexity index is 499. The van der Waals surface area contributed by atoms with Crippen LogP contribution in [-0.2, 0) is 18.4 Å². The molecule has 0 fully saturated rings. The van der Waals surface area contributed by atoms with Gasteiger partial charge in [0, 0.05) is 19.4 Å². The fourth-order valence-corrected chi connectivity index (χ4v) is 1.34. The Morgan fingerprint density at radius 1 is 1.39 bits per heavy atom. The number of imidazole rings is 1. The van der Waals surface area contributed by atoms with Crippen molar-refractivity contribution >= 4 is 24.4 Å². The van der Waals surface area contributed by atoms with Crippen molar-refractivity contribution in [2.45, 2.75) is 6.61 Å². The third-order valence-electron chi connectivity index (χ3n) is 2.25. The van der Waals surface area contributed by atoms with Gasteiger partial charge in [0.1, 0.15) is 6.61 Å². The minimum Gasteiger partial charge on any atom is -0.444 e. The molecule has 0 unspecified atom stereocenters. The van der Waals surface area contributed by atoms with Crippen LogP contribution in [0.5, 0.6) is 0 Å². The Balaban J connectivity index is 0.00000162. The van der Waals surface area contributed by atoms with Gasteiger partial charge in [-0.2, -0.15) is 0 Å². The molecule has 0 aliphatic heterocycles. The van der Waals surface area contributed by atoms with Gasteiger partial charge < -0.3 is 9.30 Å². The van der Waals surface area contributed by atoms with Crippen molar-refractivity contribution in [1.82, 2.24) is 9.55 Å². The van der Waals surface area contributed by atoms with Crippen LogP contribution in [0, 0.1) is 0 Å². The Labute approximate surface area is 111 Å². The number of hydrogen-bond donors (Lipinski definition) is 1. The van der Waals surface area contributed by atoms with E-state index < -0.39 is 6.09 Å². The molecule has 5 nitrogen and oxygen atoms in total. The first-order valence-corrected chi connectivity index (χ1v) is 5.21. The smallest absolute Gasteiger partial charge is 0.414 e. The molecule has 0 aliphatic rings. The van der Waals surface area contributed by atoms with E-state index in [9.17, 15) is 4.79 Å². The van der Waals surface area contributed by atoms with E-state index in [2.05, 4.69) is 10.3 Å². The number of anilines is 1. The highest BCUT2D eigenvalue weighted by Crippen LogP contribution is 2.04. The molecule has 0 atom stereocenters. The molecule has 0 bridgehead atoms. The lowest BCUT2D eigenvalue weighted by molar-refractivity contribution is 0.155. The van der Waals surface area contributed by atoms with Crippen molar-refractivity contribution in [1.29, 1.82) is 0 Å². The van der Waals surface area contributed by atoms with Gasteiger partial charge in [0.2, 0.25) is 5.95 Å². The second-order valence-electron chi connectivity index (χ2n) is 3.55. The highest BCUT2D eigenvalue weighted by atomic mass is 35.5. The van der Waals surface area contributed by atoms with Crippen LogP contribution in [0.2, 0.25) is 0 Å². The van der Waals surface area contributed by atoms with Crippen LogP contribution in [0.4, 0.5) is 10.7 Å². The standard InChI is InChI=1S/C12H13N3O2.ClH/c1-15-8-7-13-11(15)14-12(16)17-9-10-5-3-2-4-6-10;/h2-8H,9H2,1H3,(H,13,14,16);1H. The van der Waals surface area contributed by atoms with Crippen LogP contribution in [0.15, 0.2) is 42.7 Å². The predicted molar refractivity (Wildman–Crippen MR) is 70.7 cm³/mol. The SMILES string of the molecule is Cl.Cn1ccnc1NC(=O)OCc1ccccc1. The van der Waals surface area contributed by atoms with Crippen molar-refractivity contribution in [2.24, 2.45) is 7.05 Å². The van der Waals surface area contributed by atoms with Crippen LogP contribution in [-0.4, -0.2) is 15.6 Å². The number of nitrogens with zero attached hydrogens (tertiary/aromatic N) is 2. The summed E-state index contributed by atoms with van der Waals surface area (Å²) in [7, 11) is 1.79. The maximum atomic E-state index is 11.4. The molecular weight excluding hydrogens is 254 g/mol. The topological polar surface area (TPSA) is 56.2 Å². The Kier molecular flexibility index (Phi) is 5.20. The summed E-state index contributed by atoms with van der Waals surface area (Å²) in [6.45, 7) is 0.247. The van der Waals surface area contributed by atoms with E-state index in [-0.39, 0.29) is 19.0 Å². The molecule has 0 spiro atoms. The average molecular weight is 268 g/mol. The largest absolute Gasteiger partial charge is 0.444 e. The molecule has 0 aliphatic carbocycles. The molecule has 0 saturated heterocycles. The van der Waals surface area contributed by atoms with Crippen molar-refractivity contribution < 1.29 is 9.53 Å². The summed E-state index contributed by atoms with van der Waals surface area (Å²) >= 11 is 0. The molecule has 0 radical (unpaired) electrons. The van der Waals surface area contributed by atoms with Crippen LogP contribution >= 0.6 is 12.4 Å². The number of benzene rings is 1. The molecule has 0 saturated carbocycles. The van der Waals surface area contributed by atoms with E-state index in [4.69, 9.17) is 4.74 Å².